The second-order valence-electron chi connectivity index (χ2n) is 6.14. The van der Waals surface area contributed by atoms with E-state index in [2.05, 4.69) is 0 Å². The zero-order valence-electron chi connectivity index (χ0n) is 12.6. The summed E-state index contributed by atoms with van der Waals surface area (Å²) in [5.74, 6) is 0. The molecule has 19 heavy (non-hydrogen) atoms. The van der Waals surface area contributed by atoms with Gasteiger partial charge in [-0.25, -0.2) is 8.42 Å². The molecule has 0 radical (unpaired) electrons. The molecule has 1 aromatic carbocycles. The highest BCUT2D eigenvalue weighted by Gasteiger charge is 2.32. The van der Waals surface area contributed by atoms with Crippen LogP contribution in [0.25, 0.3) is 0 Å². The van der Waals surface area contributed by atoms with Gasteiger partial charge in [0.2, 0.25) is 10.0 Å². The van der Waals surface area contributed by atoms with E-state index in [9.17, 15) is 8.42 Å². The molecule has 0 aliphatic heterocycles. The SMILES string of the molecule is Cc1cc(N)cc(S(=O)(=O)N(C)C(C)C(C)(C)C)c1. The molecule has 0 amide bonds. The number of aryl methyl sites for hydroxylation is 1. The van der Waals surface area contributed by atoms with Crippen LogP contribution < -0.4 is 5.73 Å². The van der Waals surface area contributed by atoms with Crippen molar-refractivity contribution < 1.29 is 8.42 Å². The van der Waals surface area contributed by atoms with Crippen molar-refractivity contribution in [1.29, 1.82) is 0 Å². The van der Waals surface area contributed by atoms with E-state index in [1.807, 2.05) is 34.6 Å². The van der Waals surface area contributed by atoms with Gasteiger partial charge >= 0.3 is 0 Å². The summed E-state index contributed by atoms with van der Waals surface area (Å²) in [4.78, 5) is 0.253. The van der Waals surface area contributed by atoms with E-state index >= 15 is 0 Å². The van der Waals surface area contributed by atoms with Crippen LogP contribution in [-0.4, -0.2) is 25.8 Å². The van der Waals surface area contributed by atoms with Crippen molar-refractivity contribution in [3.8, 4) is 0 Å². The molecule has 5 heteroatoms. The maximum atomic E-state index is 12.6. The summed E-state index contributed by atoms with van der Waals surface area (Å²) < 4.78 is 26.6. The van der Waals surface area contributed by atoms with Gasteiger partial charge in [-0.1, -0.05) is 20.8 Å². The molecule has 108 valence electrons. The molecular formula is C14H24N2O2S. The van der Waals surface area contributed by atoms with Crippen LogP contribution in [0, 0.1) is 12.3 Å². The van der Waals surface area contributed by atoms with Gasteiger partial charge in [0.15, 0.2) is 0 Å². The molecule has 0 saturated carbocycles. The second-order valence-corrected chi connectivity index (χ2v) is 8.14. The summed E-state index contributed by atoms with van der Waals surface area (Å²) in [7, 11) is -1.90. The van der Waals surface area contributed by atoms with E-state index in [1.165, 1.54) is 10.4 Å². The maximum Gasteiger partial charge on any atom is 0.243 e. The summed E-state index contributed by atoms with van der Waals surface area (Å²) in [5.41, 5.74) is 6.92. The number of nitrogens with two attached hydrogens (primary N) is 1. The minimum absolute atomic E-state index is 0.112. The maximum absolute atomic E-state index is 12.6. The smallest absolute Gasteiger partial charge is 0.243 e. The molecule has 4 nitrogen and oxygen atoms in total. The number of nitrogens with zero attached hydrogens (tertiary/aromatic N) is 1. The Morgan fingerprint density at radius 1 is 1.21 bits per heavy atom. The van der Waals surface area contributed by atoms with Crippen LogP contribution >= 0.6 is 0 Å². The van der Waals surface area contributed by atoms with Crippen molar-refractivity contribution in [2.24, 2.45) is 5.41 Å². The first-order chi connectivity index (χ1) is 8.46. The lowest BCUT2D eigenvalue weighted by atomic mass is 9.88. The highest BCUT2D eigenvalue weighted by Crippen LogP contribution is 2.28. The van der Waals surface area contributed by atoms with Crippen LogP contribution in [0.4, 0.5) is 5.69 Å². The largest absolute Gasteiger partial charge is 0.399 e. The van der Waals surface area contributed by atoms with E-state index in [0.29, 0.717) is 5.69 Å². The first-order valence-corrected chi connectivity index (χ1v) is 7.75. The van der Waals surface area contributed by atoms with Crippen LogP contribution in [0.3, 0.4) is 0 Å². The third-order valence-corrected chi connectivity index (χ3v) is 5.45. The van der Waals surface area contributed by atoms with Crippen LogP contribution in [0.1, 0.15) is 33.3 Å². The lowest BCUT2D eigenvalue weighted by Gasteiger charge is -2.34. The van der Waals surface area contributed by atoms with E-state index < -0.39 is 10.0 Å². The van der Waals surface area contributed by atoms with Gasteiger partial charge in [-0.15, -0.1) is 0 Å². The fourth-order valence-corrected chi connectivity index (χ4v) is 3.53. The minimum Gasteiger partial charge on any atom is -0.399 e. The van der Waals surface area contributed by atoms with Crippen molar-refractivity contribution >= 4 is 15.7 Å². The summed E-state index contributed by atoms with van der Waals surface area (Å²) in [6.45, 7) is 9.82. The zero-order chi connectivity index (χ0) is 15.0. The molecule has 0 bridgehead atoms. The Labute approximate surface area is 116 Å². The Hall–Kier alpha value is -1.07. The summed E-state index contributed by atoms with van der Waals surface area (Å²) in [6, 6.07) is 4.80. The van der Waals surface area contributed by atoms with E-state index in [-0.39, 0.29) is 16.4 Å². The Balaban J connectivity index is 3.24. The average molecular weight is 284 g/mol. The number of sulfonamides is 1. The summed E-state index contributed by atoms with van der Waals surface area (Å²) >= 11 is 0. The standard InChI is InChI=1S/C14H24N2O2S/c1-10-7-12(15)9-13(8-10)19(17,18)16(6)11(2)14(3,4)5/h7-9,11H,15H2,1-6H3. The van der Waals surface area contributed by atoms with Gasteiger partial charge in [0.25, 0.3) is 0 Å². The molecule has 0 saturated heterocycles. The summed E-state index contributed by atoms with van der Waals surface area (Å²) in [6.07, 6.45) is 0. The number of hydrogen-bond acceptors (Lipinski definition) is 3. The molecule has 1 unspecified atom stereocenters. The lowest BCUT2D eigenvalue weighted by molar-refractivity contribution is 0.216. The van der Waals surface area contributed by atoms with Gasteiger partial charge < -0.3 is 5.73 Å². The van der Waals surface area contributed by atoms with Gasteiger partial charge in [-0.05, 0) is 43.0 Å². The zero-order valence-corrected chi connectivity index (χ0v) is 13.4. The quantitative estimate of drug-likeness (QED) is 0.868. The Morgan fingerprint density at radius 2 is 1.74 bits per heavy atom. The number of benzene rings is 1. The highest BCUT2D eigenvalue weighted by atomic mass is 32.2. The van der Waals surface area contributed by atoms with Crippen LogP contribution in [0.15, 0.2) is 23.1 Å². The van der Waals surface area contributed by atoms with Crippen molar-refractivity contribution in [1.82, 2.24) is 4.31 Å². The molecule has 0 spiro atoms. The normalized spacial score (nSPS) is 14.7. The summed E-state index contributed by atoms with van der Waals surface area (Å²) in [5, 5.41) is 0. The molecule has 0 heterocycles. The van der Waals surface area contributed by atoms with E-state index in [4.69, 9.17) is 5.73 Å². The number of hydrogen-bond donors (Lipinski definition) is 1. The predicted molar refractivity (Wildman–Crippen MR) is 79.5 cm³/mol. The van der Waals surface area contributed by atoms with E-state index in [1.54, 1.807) is 19.2 Å². The van der Waals surface area contributed by atoms with E-state index in [0.717, 1.165) is 5.56 Å². The lowest BCUT2D eigenvalue weighted by Crippen LogP contribution is -2.42. The second kappa shape index (κ2) is 5.13. The Bertz CT molecular complexity index is 539. The number of anilines is 1. The van der Waals surface area contributed by atoms with Crippen molar-refractivity contribution in [3.63, 3.8) is 0 Å². The van der Waals surface area contributed by atoms with Crippen molar-refractivity contribution in [2.45, 2.75) is 45.6 Å². The van der Waals surface area contributed by atoms with Crippen molar-refractivity contribution in [3.05, 3.63) is 23.8 Å². The topological polar surface area (TPSA) is 63.4 Å². The van der Waals surface area contributed by atoms with Crippen LogP contribution in [-0.2, 0) is 10.0 Å². The van der Waals surface area contributed by atoms with Gasteiger partial charge in [-0.2, -0.15) is 4.31 Å². The van der Waals surface area contributed by atoms with Gasteiger partial charge in [-0.3, -0.25) is 0 Å². The molecule has 0 fully saturated rings. The first-order valence-electron chi connectivity index (χ1n) is 6.31. The molecule has 1 rings (SSSR count). The molecule has 0 aliphatic rings. The molecule has 0 aliphatic carbocycles. The van der Waals surface area contributed by atoms with Gasteiger partial charge in [0, 0.05) is 18.8 Å². The molecular weight excluding hydrogens is 260 g/mol. The van der Waals surface area contributed by atoms with Crippen LogP contribution in [0.5, 0.6) is 0 Å². The fraction of sp³-hybridized carbons (Fsp3) is 0.571. The number of rotatable bonds is 3. The third kappa shape index (κ3) is 3.48. The predicted octanol–water partition coefficient (Wildman–Crippen LogP) is 2.63. The molecule has 2 N–H and O–H groups in total. The highest BCUT2D eigenvalue weighted by molar-refractivity contribution is 7.89. The minimum atomic E-state index is -3.51. The van der Waals surface area contributed by atoms with Gasteiger partial charge in [0.1, 0.15) is 0 Å². The van der Waals surface area contributed by atoms with Crippen molar-refractivity contribution in [2.75, 3.05) is 12.8 Å². The monoisotopic (exact) mass is 284 g/mol. The third-order valence-electron chi connectivity index (χ3n) is 3.55. The first kappa shape index (κ1) is 16.0. The fourth-order valence-electron chi connectivity index (χ4n) is 1.85. The average Bonchev–Trinajstić information content (AvgIpc) is 2.24. The van der Waals surface area contributed by atoms with Crippen LogP contribution in [0.2, 0.25) is 0 Å². The number of nitrogen functional groups attached to an aromatic ring is 1. The molecule has 1 atom stereocenters. The Morgan fingerprint density at radius 3 is 2.16 bits per heavy atom. The molecule has 0 aromatic heterocycles. The Kier molecular flexibility index (Phi) is 4.32. The van der Waals surface area contributed by atoms with Gasteiger partial charge in [0.05, 0.1) is 4.90 Å². The molecule has 1 aromatic rings.